The smallest absolute Gasteiger partial charge is 0.188 e. The average Bonchev–Trinajstić information content (AvgIpc) is 3.17. The van der Waals surface area contributed by atoms with E-state index in [1.165, 1.54) is 16.9 Å². The maximum atomic E-state index is 5.91. The first-order valence-electron chi connectivity index (χ1n) is 7.65. The first kappa shape index (κ1) is 18.7. The van der Waals surface area contributed by atoms with Gasteiger partial charge in [-0.1, -0.05) is 6.07 Å². The Morgan fingerprint density at radius 3 is 3.04 bits per heavy atom. The zero-order chi connectivity index (χ0) is 15.2. The molecule has 0 atom stereocenters. The molecule has 1 aliphatic rings. The van der Waals surface area contributed by atoms with Crippen LogP contribution in [0.3, 0.4) is 0 Å². The lowest BCUT2D eigenvalue weighted by molar-refractivity contribution is 0.263. The summed E-state index contributed by atoms with van der Waals surface area (Å²) in [6, 6.07) is 6.47. The van der Waals surface area contributed by atoms with Gasteiger partial charge in [0.25, 0.3) is 0 Å². The second-order valence-electron chi connectivity index (χ2n) is 5.42. The van der Waals surface area contributed by atoms with Crippen LogP contribution in [0.25, 0.3) is 0 Å². The topological polar surface area (TPSA) is 53.6 Å². The van der Waals surface area contributed by atoms with Gasteiger partial charge in [-0.15, -0.1) is 46.7 Å². The molecule has 2 aromatic rings. The number of hydrogen-bond donors (Lipinski definition) is 2. The minimum atomic E-state index is 0. The van der Waals surface area contributed by atoms with Crippen LogP contribution >= 0.6 is 46.7 Å². The number of nitrogens with two attached hydrogens (primary N) is 1. The van der Waals surface area contributed by atoms with Crippen LogP contribution in [0.2, 0.25) is 0 Å². The monoisotopic (exact) mass is 462 g/mol. The summed E-state index contributed by atoms with van der Waals surface area (Å²) in [4.78, 5) is 9.81. The van der Waals surface area contributed by atoms with Crippen molar-refractivity contribution in [3.63, 3.8) is 0 Å². The molecule has 0 fully saturated rings. The predicted octanol–water partition coefficient (Wildman–Crippen LogP) is 2.93. The average molecular weight is 462 g/mol. The van der Waals surface area contributed by atoms with Crippen molar-refractivity contribution in [2.45, 2.75) is 19.4 Å². The summed E-state index contributed by atoms with van der Waals surface area (Å²) in [6.07, 6.45) is 2.17. The number of halogens is 1. The Bertz CT molecular complexity index is 609. The van der Waals surface area contributed by atoms with Crippen molar-refractivity contribution in [2.75, 3.05) is 26.2 Å². The second kappa shape index (κ2) is 9.61. The van der Waals surface area contributed by atoms with E-state index in [0.717, 1.165) is 39.1 Å². The van der Waals surface area contributed by atoms with Gasteiger partial charge in [-0.3, -0.25) is 9.89 Å². The maximum Gasteiger partial charge on any atom is 0.188 e. The van der Waals surface area contributed by atoms with Crippen molar-refractivity contribution in [1.29, 1.82) is 0 Å². The first-order valence-corrected chi connectivity index (χ1v) is 9.41. The standard InChI is InChI=1S/C16H22N4S2.HI/c17-16(18-6-3-14-2-1-10-21-14)19-7-9-20-8-4-15-13(12-20)5-11-22-15;/h1-2,5,10-11H,3-4,6-9,12H2,(H3,17,18,19);1H. The molecule has 0 amide bonds. The van der Waals surface area contributed by atoms with Gasteiger partial charge in [0.05, 0.1) is 6.54 Å². The van der Waals surface area contributed by atoms with Crippen molar-refractivity contribution in [1.82, 2.24) is 10.2 Å². The van der Waals surface area contributed by atoms with E-state index in [1.807, 2.05) is 11.3 Å². The van der Waals surface area contributed by atoms with E-state index in [0.29, 0.717) is 5.96 Å². The lowest BCUT2D eigenvalue weighted by Gasteiger charge is -2.26. The largest absolute Gasteiger partial charge is 0.370 e. The Balaban J connectivity index is 0.00000192. The van der Waals surface area contributed by atoms with Crippen LogP contribution in [-0.4, -0.2) is 37.0 Å². The summed E-state index contributed by atoms with van der Waals surface area (Å²) in [5.74, 6) is 0.560. The van der Waals surface area contributed by atoms with Gasteiger partial charge in [0.15, 0.2) is 5.96 Å². The van der Waals surface area contributed by atoms with E-state index in [-0.39, 0.29) is 24.0 Å². The third-order valence-electron chi connectivity index (χ3n) is 3.84. The van der Waals surface area contributed by atoms with Crippen LogP contribution in [0.15, 0.2) is 34.0 Å². The summed E-state index contributed by atoms with van der Waals surface area (Å²) in [6.45, 7) is 4.77. The van der Waals surface area contributed by atoms with Crippen LogP contribution in [0.4, 0.5) is 0 Å². The molecule has 0 radical (unpaired) electrons. The van der Waals surface area contributed by atoms with E-state index < -0.39 is 0 Å². The van der Waals surface area contributed by atoms with Gasteiger partial charge in [-0.2, -0.15) is 0 Å². The molecule has 2 aromatic heterocycles. The molecule has 126 valence electrons. The van der Waals surface area contributed by atoms with E-state index in [2.05, 4.69) is 44.2 Å². The second-order valence-corrected chi connectivity index (χ2v) is 7.45. The summed E-state index contributed by atoms with van der Waals surface area (Å²) in [5, 5.41) is 7.49. The van der Waals surface area contributed by atoms with Crippen LogP contribution in [0.5, 0.6) is 0 Å². The fraction of sp³-hybridized carbons (Fsp3) is 0.438. The van der Waals surface area contributed by atoms with E-state index >= 15 is 0 Å². The Kier molecular flexibility index (Phi) is 7.81. The molecule has 7 heteroatoms. The third-order valence-corrected chi connectivity index (χ3v) is 5.80. The lowest BCUT2D eigenvalue weighted by Crippen LogP contribution is -2.35. The zero-order valence-corrected chi connectivity index (χ0v) is 17.0. The molecule has 4 nitrogen and oxygen atoms in total. The minimum absolute atomic E-state index is 0. The van der Waals surface area contributed by atoms with Gasteiger partial charge in [-0.25, -0.2) is 0 Å². The molecular weight excluding hydrogens is 439 g/mol. The Morgan fingerprint density at radius 2 is 2.22 bits per heavy atom. The number of thiophene rings is 2. The zero-order valence-electron chi connectivity index (χ0n) is 13.0. The highest BCUT2D eigenvalue weighted by atomic mass is 127. The molecule has 3 rings (SSSR count). The van der Waals surface area contributed by atoms with Gasteiger partial charge in [0.2, 0.25) is 0 Å². The van der Waals surface area contributed by atoms with Gasteiger partial charge in [0, 0.05) is 35.9 Å². The molecule has 0 saturated heterocycles. The van der Waals surface area contributed by atoms with Crippen LogP contribution in [0.1, 0.15) is 15.3 Å². The summed E-state index contributed by atoms with van der Waals surface area (Å²) >= 11 is 3.66. The normalized spacial score (nSPS) is 15.0. The molecule has 0 aromatic carbocycles. The van der Waals surface area contributed by atoms with Crippen LogP contribution < -0.4 is 11.1 Å². The minimum Gasteiger partial charge on any atom is -0.370 e. The van der Waals surface area contributed by atoms with E-state index in [1.54, 1.807) is 16.2 Å². The number of nitrogens with one attached hydrogen (secondary N) is 1. The molecule has 0 spiro atoms. The van der Waals surface area contributed by atoms with E-state index in [9.17, 15) is 0 Å². The van der Waals surface area contributed by atoms with Crippen molar-refractivity contribution in [3.05, 3.63) is 44.3 Å². The number of fused-ring (bicyclic) bond motifs is 1. The van der Waals surface area contributed by atoms with Crippen molar-refractivity contribution >= 4 is 52.6 Å². The van der Waals surface area contributed by atoms with Crippen molar-refractivity contribution in [3.8, 4) is 0 Å². The third kappa shape index (κ3) is 5.74. The predicted molar refractivity (Wildman–Crippen MR) is 111 cm³/mol. The quantitative estimate of drug-likeness (QED) is 0.395. The molecule has 0 bridgehead atoms. The lowest BCUT2D eigenvalue weighted by atomic mass is 10.1. The number of nitrogens with zero attached hydrogens (tertiary/aromatic N) is 2. The van der Waals surface area contributed by atoms with Gasteiger partial charge in [-0.05, 0) is 41.3 Å². The molecule has 0 saturated carbocycles. The number of hydrogen-bond acceptors (Lipinski definition) is 4. The number of guanidine groups is 1. The molecule has 1 aliphatic heterocycles. The maximum absolute atomic E-state index is 5.91. The van der Waals surface area contributed by atoms with E-state index in [4.69, 9.17) is 5.73 Å². The van der Waals surface area contributed by atoms with Crippen molar-refractivity contribution in [2.24, 2.45) is 10.7 Å². The number of aliphatic imine (C=N–C) groups is 1. The van der Waals surface area contributed by atoms with Gasteiger partial charge < -0.3 is 11.1 Å². The van der Waals surface area contributed by atoms with Crippen LogP contribution in [-0.2, 0) is 19.4 Å². The van der Waals surface area contributed by atoms with Gasteiger partial charge >= 0.3 is 0 Å². The summed E-state index contributed by atoms with van der Waals surface area (Å²) < 4.78 is 0. The molecular formula is C16H23IN4S2. The summed E-state index contributed by atoms with van der Waals surface area (Å²) in [5.41, 5.74) is 7.40. The van der Waals surface area contributed by atoms with Crippen LogP contribution in [0, 0.1) is 0 Å². The molecule has 0 unspecified atom stereocenters. The van der Waals surface area contributed by atoms with Crippen molar-refractivity contribution < 1.29 is 0 Å². The van der Waals surface area contributed by atoms with Gasteiger partial charge in [0.1, 0.15) is 0 Å². The highest BCUT2D eigenvalue weighted by molar-refractivity contribution is 14.0. The fourth-order valence-corrected chi connectivity index (χ4v) is 4.23. The first-order chi connectivity index (χ1) is 10.8. The number of rotatable bonds is 6. The molecule has 3 heterocycles. The molecule has 3 N–H and O–H groups in total. The highest BCUT2D eigenvalue weighted by Crippen LogP contribution is 2.23. The Hall–Kier alpha value is -0.640. The molecule has 23 heavy (non-hydrogen) atoms. The Morgan fingerprint density at radius 1 is 1.30 bits per heavy atom. The summed E-state index contributed by atoms with van der Waals surface area (Å²) in [7, 11) is 0. The fourth-order valence-electron chi connectivity index (χ4n) is 2.63. The highest BCUT2D eigenvalue weighted by Gasteiger charge is 2.16. The Labute approximate surface area is 162 Å². The SMILES string of the molecule is I.NC(=NCCN1CCc2sccc2C1)NCCc1cccs1. The molecule has 0 aliphatic carbocycles.